The maximum absolute atomic E-state index is 9.10. The van der Waals surface area contributed by atoms with Crippen LogP contribution in [-0.4, -0.2) is 96.5 Å². The highest BCUT2D eigenvalue weighted by Gasteiger charge is 2.35. The van der Waals surface area contributed by atoms with Crippen LogP contribution in [0.3, 0.4) is 0 Å². The van der Waals surface area contributed by atoms with Crippen molar-refractivity contribution < 1.29 is 10.2 Å². The van der Waals surface area contributed by atoms with Crippen LogP contribution < -0.4 is 0 Å². The SMILES string of the molecule is CC.CC.CC(CC(C)(C)C1CCN(CCO)CC1)N1CCN(CCO)CC1. The average Bonchev–Trinajstić information content (AvgIpc) is 2.72. The van der Waals surface area contributed by atoms with Gasteiger partial charge in [0.2, 0.25) is 0 Å². The lowest BCUT2D eigenvalue weighted by atomic mass is 9.70. The van der Waals surface area contributed by atoms with Crippen molar-refractivity contribution in [3.05, 3.63) is 0 Å². The first kappa shape index (κ1) is 27.8. The lowest BCUT2D eigenvalue weighted by molar-refractivity contribution is 0.0391. The first-order chi connectivity index (χ1) is 13.5. The van der Waals surface area contributed by atoms with Crippen molar-refractivity contribution in [1.82, 2.24) is 14.7 Å². The summed E-state index contributed by atoms with van der Waals surface area (Å²) in [7, 11) is 0. The highest BCUT2D eigenvalue weighted by Crippen LogP contribution is 2.39. The number of hydrogen-bond acceptors (Lipinski definition) is 5. The quantitative estimate of drug-likeness (QED) is 0.654. The lowest BCUT2D eigenvalue weighted by Gasteiger charge is -2.45. The molecular formula is C23H51N3O2. The first-order valence-corrected chi connectivity index (χ1v) is 11.9. The van der Waals surface area contributed by atoms with Gasteiger partial charge in [0.15, 0.2) is 0 Å². The van der Waals surface area contributed by atoms with E-state index in [1.807, 2.05) is 27.7 Å². The van der Waals surface area contributed by atoms with E-state index in [1.165, 1.54) is 19.3 Å². The van der Waals surface area contributed by atoms with Gasteiger partial charge in [-0.25, -0.2) is 0 Å². The van der Waals surface area contributed by atoms with Crippen LogP contribution in [0.5, 0.6) is 0 Å². The second-order valence-corrected chi connectivity index (χ2v) is 8.48. The van der Waals surface area contributed by atoms with Crippen LogP contribution in [0.1, 0.15) is 67.7 Å². The number of hydrogen-bond donors (Lipinski definition) is 2. The molecule has 0 aliphatic carbocycles. The van der Waals surface area contributed by atoms with Gasteiger partial charge in [-0.3, -0.25) is 9.80 Å². The molecule has 2 fully saturated rings. The third-order valence-electron chi connectivity index (χ3n) is 6.38. The predicted molar refractivity (Wildman–Crippen MR) is 122 cm³/mol. The minimum absolute atomic E-state index is 0.275. The van der Waals surface area contributed by atoms with Crippen molar-refractivity contribution in [1.29, 1.82) is 0 Å². The summed E-state index contributed by atoms with van der Waals surface area (Å²) in [5.74, 6) is 0.797. The Hall–Kier alpha value is -0.200. The zero-order valence-corrected chi connectivity index (χ0v) is 20.1. The predicted octanol–water partition coefficient (Wildman–Crippen LogP) is 3.16. The van der Waals surface area contributed by atoms with E-state index in [1.54, 1.807) is 0 Å². The molecule has 2 N–H and O–H groups in total. The third kappa shape index (κ3) is 9.53. The largest absolute Gasteiger partial charge is 0.395 e. The fourth-order valence-electron chi connectivity index (χ4n) is 4.71. The molecule has 0 aromatic heterocycles. The van der Waals surface area contributed by atoms with Crippen LogP contribution in [0.25, 0.3) is 0 Å². The Labute approximate surface area is 176 Å². The molecule has 0 aromatic rings. The number of rotatable bonds is 8. The number of aliphatic hydroxyl groups is 2. The van der Waals surface area contributed by atoms with E-state index in [0.717, 1.165) is 58.3 Å². The standard InChI is InChI=1S/C19H39N3O2.2C2H6/c1-17(22-10-8-21(9-11-22)13-15-24)16-19(2,3)18-4-6-20(7-5-18)12-14-23;2*1-2/h17-18,23-24H,4-16H2,1-3H3;2*1-2H3. The maximum Gasteiger partial charge on any atom is 0.0558 e. The van der Waals surface area contributed by atoms with Crippen LogP contribution in [0.4, 0.5) is 0 Å². The summed E-state index contributed by atoms with van der Waals surface area (Å²) in [5, 5.41) is 18.2. The molecule has 0 spiro atoms. The summed E-state index contributed by atoms with van der Waals surface area (Å²) in [5.41, 5.74) is 0.382. The number of piperazine rings is 1. The monoisotopic (exact) mass is 401 g/mol. The molecule has 5 heteroatoms. The molecule has 2 aliphatic heterocycles. The number of likely N-dealkylation sites (tertiary alicyclic amines) is 1. The Morgan fingerprint density at radius 2 is 1.21 bits per heavy atom. The minimum Gasteiger partial charge on any atom is -0.395 e. The Balaban J connectivity index is 0.00000171. The van der Waals surface area contributed by atoms with Gasteiger partial charge >= 0.3 is 0 Å². The molecule has 170 valence electrons. The highest BCUT2D eigenvalue weighted by molar-refractivity contribution is 4.88. The lowest BCUT2D eigenvalue weighted by Crippen LogP contribution is -2.51. The van der Waals surface area contributed by atoms with Gasteiger partial charge < -0.3 is 15.1 Å². The Morgan fingerprint density at radius 1 is 0.786 bits per heavy atom. The summed E-state index contributed by atoms with van der Waals surface area (Å²) in [6.07, 6.45) is 3.80. The number of aliphatic hydroxyl groups excluding tert-OH is 2. The summed E-state index contributed by atoms with van der Waals surface area (Å²) in [6.45, 7) is 24.2. The van der Waals surface area contributed by atoms with Crippen molar-refractivity contribution in [3.63, 3.8) is 0 Å². The summed E-state index contributed by atoms with van der Waals surface area (Å²) in [4.78, 5) is 7.40. The average molecular weight is 402 g/mol. The molecule has 0 amide bonds. The van der Waals surface area contributed by atoms with Gasteiger partial charge in [0, 0.05) is 45.3 Å². The van der Waals surface area contributed by atoms with Gasteiger partial charge in [-0.2, -0.15) is 0 Å². The second kappa shape index (κ2) is 15.6. The molecule has 1 unspecified atom stereocenters. The van der Waals surface area contributed by atoms with E-state index in [-0.39, 0.29) is 13.2 Å². The summed E-state index contributed by atoms with van der Waals surface area (Å²) in [6, 6.07) is 0.631. The Morgan fingerprint density at radius 3 is 1.64 bits per heavy atom. The molecular weight excluding hydrogens is 350 g/mol. The van der Waals surface area contributed by atoms with Gasteiger partial charge in [0.05, 0.1) is 13.2 Å². The van der Waals surface area contributed by atoms with E-state index in [2.05, 4.69) is 35.5 Å². The first-order valence-electron chi connectivity index (χ1n) is 11.9. The molecule has 2 heterocycles. The number of nitrogens with zero attached hydrogens (tertiary/aromatic N) is 3. The van der Waals surface area contributed by atoms with Crippen molar-refractivity contribution >= 4 is 0 Å². The summed E-state index contributed by atoms with van der Waals surface area (Å²) < 4.78 is 0. The molecule has 0 aromatic carbocycles. The van der Waals surface area contributed by atoms with E-state index in [4.69, 9.17) is 10.2 Å². The third-order valence-corrected chi connectivity index (χ3v) is 6.38. The fraction of sp³-hybridized carbons (Fsp3) is 1.00. The molecule has 2 rings (SSSR count). The second-order valence-electron chi connectivity index (χ2n) is 8.48. The van der Waals surface area contributed by atoms with E-state index in [0.29, 0.717) is 11.5 Å². The van der Waals surface area contributed by atoms with Gasteiger partial charge in [-0.1, -0.05) is 41.5 Å². The van der Waals surface area contributed by atoms with E-state index < -0.39 is 0 Å². The minimum atomic E-state index is 0.275. The fourth-order valence-corrected chi connectivity index (χ4v) is 4.71. The van der Waals surface area contributed by atoms with Crippen LogP contribution in [0, 0.1) is 11.3 Å². The Bertz CT molecular complexity index is 350. The molecule has 0 bridgehead atoms. The Kier molecular flexibility index (Phi) is 15.5. The van der Waals surface area contributed by atoms with Crippen LogP contribution in [-0.2, 0) is 0 Å². The molecule has 2 aliphatic rings. The van der Waals surface area contributed by atoms with E-state index in [9.17, 15) is 0 Å². The maximum atomic E-state index is 9.10. The smallest absolute Gasteiger partial charge is 0.0558 e. The van der Waals surface area contributed by atoms with Crippen molar-refractivity contribution in [3.8, 4) is 0 Å². The van der Waals surface area contributed by atoms with Crippen molar-refractivity contribution in [2.24, 2.45) is 11.3 Å². The van der Waals surface area contributed by atoms with Gasteiger partial charge in [-0.15, -0.1) is 0 Å². The molecule has 2 saturated heterocycles. The molecule has 0 radical (unpaired) electrons. The van der Waals surface area contributed by atoms with Crippen LogP contribution in [0.2, 0.25) is 0 Å². The normalized spacial score (nSPS) is 21.3. The highest BCUT2D eigenvalue weighted by atomic mass is 16.3. The number of β-amino-alcohol motifs (C(OH)–C–C–N with tert-alkyl or cyclic N) is 2. The zero-order valence-electron chi connectivity index (χ0n) is 20.1. The molecule has 0 saturated carbocycles. The van der Waals surface area contributed by atoms with Crippen LogP contribution >= 0.6 is 0 Å². The molecule has 5 nitrogen and oxygen atoms in total. The van der Waals surface area contributed by atoms with Gasteiger partial charge in [-0.05, 0) is 50.6 Å². The van der Waals surface area contributed by atoms with Crippen molar-refractivity contribution in [2.45, 2.75) is 73.8 Å². The van der Waals surface area contributed by atoms with Gasteiger partial charge in [0.25, 0.3) is 0 Å². The van der Waals surface area contributed by atoms with E-state index >= 15 is 0 Å². The number of piperidine rings is 1. The molecule has 28 heavy (non-hydrogen) atoms. The van der Waals surface area contributed by atoms with Crippen LogP contribution in [0.15, 0.2) is 0 Å². The topological polar surface area (TPSA) is 50.2 Å². The van der Waals surface area contributed by atoms with Crippen molar-refractivity contribution in [2.75, 3.05) is 65.6 Å². The summed E-state index contributed by atoms with van der Waals surface area (Å²) >= 11 is 0. The molecule has 1 atom stereocenters. The van der Waals surface area contributed by atoms with Gasteiger partial charge in [0.1, 0.15) is 0 Å². The zero-order chi connectivity index (χ0) is 21.6.